The normalized spacial score (nSPS) is 12.7. The van der Waals surface area contributed by atoms with Gasteiger partial charge < -0.3 is 0 Å². The van der Waals surface area contributed by atoms with Gasteiger partial charge in [-0.1, -0.05) is 22.5 Å². The maximum Gasteiger partial charge on any atom is 0.183 e. The van der Waals surface area contributed by atoms with Crippen LogP contribution in [0.4, 0.5) is 0 Å². The molecule has 0 N–H and O–H groups in total. The van der Waals surface area contributed by atoms with Crippen LogP contribution in [0, 0.1) is 0 Å². The second-order valence-electron chi connectivity index (χ2n) is 1.28. The van der Waals surface area contributed by atoms with Crippen molar-refractivity contribution < 1.29 is 0 Å². The summed E-state index contributed by atoms with van der Waals surface area (Å²) in [6.07, 6.45) is 0. The minimum atomic E-state index is -2.13. The topological polar surface area (TPSA) is 3.24 Å². The van der Waals surface area contributed by atoms with Gasteiger partial charge in [-0.2, -0.15) is 0 Å². The van der Waals surface area contributed by atoms with E-state index < -0.39 is 4.89 Å². The molecule has 0 aromatic heterocycles. The number of halogens is 2. The molecule has 1 nitrogen and oxygen atoms in total. The van der Waals surface area contributed by atoms with E-state index in [1.54, 1.807) is 18.8 Å². The van der Waals surface area contributed by atoms with Gasteiger partial charge in [-0.05, 0) is 25.9 Å². The summed E-state index contributed by atoms with van der Waals surface area (Å²) in [4.78, 5) is -2.13. The zero-order valence-electron chi connectivity index (χ0n) is 4.06. The second kappa shape index (κ2) is 2.65. The van der Waals surface area contributed by atoms with Crippen molar-refractivity contribution in [2.75, 3.05) is 14.1 Å². The molecule has 0 unspecified atom stereocenters. The summed E-state index contributed by atoms with van der Waals surface area (Å²) in [6, 6.07) is 0. The van der Waals surface area contributed by atoms with Gasteiger partial charge in [0.15, 0.2) is 4.89 Å². The van der Waals surface area contributed by atoms with E-state index in [9.17, 15) is 0 Å². The van der Waals surface area contributed by atoms with Crippen molar-refractivity contribution in [3.8, 4) is 0 Å². The molecule has 0 heterocycles. The zero-order chi connectivity index (χ0) is 6.08. The molecule has 0 rings (SSSR count). The molecule has 0 aliphatic heterocycles. The predicted octanol–water partition coefficient (Wildman–Crippen LogP) is 2.25. The van der Waals surface area contributed by atoms with Crippen molar-refractivity contribution in [1.29, 1.82) is 0 Å². The first-order chi connectivity index (χ1) is 2.94. The van der Waals surface area contributed by atoms with E-state index in [4.69, 9.17) is 22.5 Å². The Morgan fingerprint density at radius 1 is 1.43 bits per heavy atom. The smallest absolute Gasteiger partial charge is 0.183 e. The molecule has 0 spiro atoms. The van der Waals surface area contributed by atoms with Crippen LogP contribution < -0.4 is 0 Å². The summed E-state index contributed by atoms with van der Waals surface area (Å²) >= 11 is 15.6. The molecule has 0 aliphatic rings. The van der Waals surface area contributed by atoms with Crippen LogP contribution in [0.1, 0.15) is 0 Å². The Hall–Kier alpha value is 1.19. The highest BCUT2D eigenvalue weighted by atomic mass is 35.9. The summed E-state index contributed by atoms with van der Waals surface area (Å²) in [6.45, 7) is 0. The molecule has 0 saturated heterocycles. The van der Waals surface area contributed by atoms with Crippen LogP contribution in [-0.2, 0) is 11.8 Å². The molecule has 5 heteroatoms. The van der Waals surface area contributed by atoms with Gasteiger partial charge in [0.2, 0.25) is 0 Å². The van der Waals surface area contributed by atoms with Crippen LogP contribution in [0.25, 0.3) is 0 Å². The zero-order valence-corrected chi connectivity index (χ0v) is 7.28. The molecule has 44 valence electrons. The van der Waals surface area contributed by atoms with Gasteiger partial charge in [0, 0.05) is 0 Å². The fourth-order valence-corrected chi connectivity index (χ4v) is 0. The van der Waals surface area contributed by atoms with E-state index in [1.807, 2.05) is 0 Å². The maximum atomic E-state index is 5.49. The summed E-state index contributed by atoms with van der Waals surface area (Å²) in [7, 11) is 3.53. The van der Waals surface area contributed by atoms with Crippen LogP contribution in [0.2, 0.25) is 0 Å². The molecular formula is C2H6Cl2NPS. The largest absolute Gasteiger partial charge is 0.258 e. The molecule has 0 atom stereocenters. The summed E-state index contributed by atoms with van der Waals surface area (Å²) in [5.41, 5.74) is 0. The Morgan fingerprint density at radius 3 is 1.57 bits per heavy atom. The molecule has 7 heavy (non-hydrogen) atoms. The monoisotopic (exact) mass is 177 g/mol. The lowest BCUT2D eigenvalue weighted by Gasteiger charge is -2.12. The third-order valence-electron chi connectivity index (χ3n) is 0.466. The number of hydrogen-bond acceptors (Lipinski definition) is 1. The number of rotatable bonds is 1. The molecule has 0 saturated carbocycles. The third-order valence-corrected chi connectivity index (χ3v) is 4.19. The summed E-state index contributed by atoms with van der Waals surface area (Å²) < 4.78 is 1.64. The van der Waals surface area contributed by atoms with E-state index >= 15 is 0 Å². The SMILES string of the molecule is CN(C)P(=S)(Cl)Cl. The molecule has 0 aromatic rings. The van der Waals surface area contributed by atoms with Crippen molar-refractivity contribution in [2.24, 2.45) is 0 Å². The lowest BCUT2D eigenvalue weighted by molar-refractivity contribution is 0.695. The Bertz CT molecular complexity index is 97.9. The average molecular weight is 178 g/mol. The first-order valence-corrected chi connectivity index (χ1v) is 6.18. The van der Waals surface area contributed by atoms with Gasteiger partial charge in [-0.3, -0.25) is 4.67 Å². The average Bonchev–Trinajstić information content (AvgIpc) is 1.31. The first kappa shape index (κ1) is 8.19. The van der Waals surface area contributed by atoms with Gasteiger partial charge in [0.05, 0.1) is 0 Å². The lowest BCUT2D eigenvalue weighted by atomic mass is 11.3. The van der Waals surface area contributed by atoms with E-state index in [-0.39, 0.29) is 0 Å². The van der Waals surface area contributed by atoms with E-state index in [2.05, 4.69) is 11.8 Å². The quantitative estimate of drug-likeness (QED) is 0.566. The predicted molar refractivity (Wildman–Crippen MR) is 39.7 cm³/mol. The van der Waals surface area contributed by atoms with Crippen LogP contribution in [0.3, 0.4) is 0 Å². The second-order valence-corrected chi connectivity index (χ2v) is 9.19. The Kier molecular flexibility index (Phi) is 3.10. The molecule has 0 radical (unpaired) electrons. The fourth-order valence-electron chi connectivity index (χ4n) is 0. The number of hydrogen-bond donors (Lipinski definition) is 0. The molecular weight excluding hydrogens is 172 g/mol. The van der Waals surface area contributed by atoms with Crippen LogP contribution >= 0.6 is 27.4 Å². The highest BCUT2D eigenvalue weighted by Gasteiger charge is 2.08. The Morgan fingerprint density at radius 2 is 1.57 bits per heavy atom. The van der Waals surface area contributed by atoms with E-state index in [0.717, 1.165) is 0 Å². The standard InChI is InChI=1S/C2H6Cl2NPS/c1-5(2)6(3,4)7/h1-2H3. The third kappa shape index (κ3) is 3.75. The first-order valence-electron chi connectivity index (χ1n) is 1.62. The van der Waals surface area contributed by atoms with Crippen molar-refractivity contribution >= 4 is 39.2 Å². The van der Waals surface area contributed by atoms with Crippen molar-refractivity contribution in [3.05, 3.63) is 0 Å². The summed E-state index contributed by atoms with van der Waals surface area (Å²) in [5.74, 6) is 0. The van der Waals surface area contributed by atoms with E-state index in [1.165, 1.54) is 0 Å². The fraction of sp³-hybridized carbons (Fsp3) is 1.00. The minimum absolute atomic E-state index is 1.64. The minimum Gasteiger partial charge on any atom is -0.258 e. The lowest BCUT2D eigenvalue weighted by Crippen LogP contribution is -1.98. The Labute approximate surface area is 58.2 Å². The number of nitrogens with zero attached hydrogens (tertiary/aromatic N) is 1. The van der Waals surface area contributed by atoms with Crippen LogP contribution in [0.5, 0.6) is 0 Å². The van der Waals surface area contributed by atoms with Gasteiger partial charge in [-0.25, -0.2) is 0 Å². The summed E-state index contributed by atoms with van der Waals surface area (Å²) in [5, 5.41) is 0. The Balaban J connectivity index is 3.80. The van der Waals surface area contributed by atoms with Gasteiger partial charge in [0.1, 0.15) is 0 Å². The molecule has 0 amide bonds. The van der Waals surface area contributed by atoms with Crippen LogP contribution in [-0.4, -0.2) is 18.8 Å². The highest BCUT2D eigenvalue weighted by molar-refractivity contribution is 8.37. The van der Waals surface area contributed by atoms with Crippen LogP contribution in [0.15, 0.2) is 0 Å². The highest BCUT2D eigenvalue weighted by Crippen LogP contribution is 2.58. The maximum absolute atomic E-state index is 5.49. The van der Waals surface area contributed by atoms with Crippen molar-refractivity contribution in [1.82, 2.24) is 4.67 Å². The molecule has 0 aromatic carbocycles. The van der Waals surface area contributed by atoms with E-state index in [0.29, 0.717) is 0 Å². The molecule has 0 fully saturated rings. The van der Waals surface area contributed by atoms with Crippen molar-refractivity contribution in [3.63, 3.8) is 0 Å². The van der Waals surface area contributed by atoms with Crippen molar-refractivity contribution in [2.45, 2.75) is 0 Å². The van der Waals surface area contributed by atoms with Gasteiger partial charge >= 0.3 is 0 Å². The van der Waals surface area contributed by atoms with Gasteiger partial charge in [0.25, 0.3) is 0 Å². The van der Waals surface area contributed by atoms with Gasteiger partial charge in [-0.15, -0.1) is 0 Å². The molecule has 0 aliphatic carbocycles. The molecule has 0 bridgehead atoms.